The van der Waals surface area contributed by atoms with Crippen molar-refractivity contribution in [2.75, 3.05) is 24.9 Å². The lowest BCUT2D eigenvalue weighted by molar-refractivity contribution is -0.383. The number of methoxy groups -OCH3 is 2. The van der Waals surface area contributed by atoms with Gasteiger partial charge in [0.2, 0.25) is 11.6 Å². The fourth-order valence-corrected chi connectivity index (χ4v) is 2.50. The van der Waals surface area contributed by atoms with Gasteiger partial charge in [-0.15, -0.1) is 0 Å². The summed E-state index contributed by atoms with van der Waals surface area (Å²) in [6.45, 7) is 1.89. The zero-order valence-corrected chi connectivity index (χ0v) is 15.5. The SMILES string of the molecule is COc1ccc(OC)c(Nc2ncnc(Nc3cc(C)ccn3)c2[N+](=O)[O-])c1. The summed E-state index contributed by atoms with van der Waals surface area (Å²) in [6, 6.07) is 8.63. The van der Waals surface area contributed by atoms with E-state index in [9.17, 15) is 10.1 Å². The van der Waals surface area contributed by atoms with Gasteiger partial charge >= 0.3 is 5.69 Å². The molecule has 0 aliphatic carbocycles. The van der Waals surface area contributed by atoms with Crippen molar-refractivity contribution in [2.24, 2.45) is 0 Å². The number of pyridine rings is 1. The fraction of sp³-hybridized carbons (Fsp3) is 0.167. The van der Waals surface area contributed by atoms with Crippen molar-refractivity contribution in [2.45, 2.75) is 6.92 Å². The van der Waals surface area contributed by atoms with E-state index in [1.54, 1.807) is 30.5 Å². The Hall–Kier alpha value is -3.95. The van der Waals surface area contributed by atoms with Crippen LogP contribution in [0.5, 0.6) is 11.5 Å². The van der Waals surface area contributed by atoms with Crippen LogP contribution in [0, 0.1) is 17.0 Å². The molecule has 2 aromatic heterocycles. The average Bonchev–Trinajstić information content (AvgIpc) is 2.68. The Kier molecular flexibility index (Phi) is 5.49. The molecule has 2 N–H and O–H groups in total. The van der Waals surface area contributed by atoms with Crippen LogP contribution in [-0.2, 0) is 0 Å². The molecule has 144 valence electrons. The van der Waals surface area contributed by atoms with Gasteiger partial charge in [0.1, 0.15) is 23.6 Å². The van der Waals surface area contributed by atoms with Gasteiger partial charge in [-0.1, -0.05) is 0 Å². The first kappa shape index (κ1) is 18.8. The fourth-order valence-electron chi connectivity index (χ4n) is 2.50. The highest BCUT2D eigenvalue weighted by atomic mass is 16.6. The molecule has 10 nitrogen and oxygen atoms in total. The summed E-state index contributed by atoms with van der Waals surface area (Å²) in [7, 11) is 3.02. The quantitative estimate of drug-likeness (QED) is 0.466. The second-order valence-electron chi connectivity index (χ2n) is 5.71. The second kappa shape index (κ2) is 8.16. The number of hydrogen-bond acceptors (Lipinski definition) is 9. The maximum absolute atomic E-state index is 11.7. The molecule has 0 amide bonds. The first-order chi connectivity index (χ1) is 13.5. The minimum absolute atomic E-state index is 0.00158. The first-order valence-electron chi connectivity index (χ1n) is 8.20. The van der Waals surface area contributed by atoms with E-state index >= 15 is 0 Å². The van der Waals surface area contributed by atoms with Crippen LogP contribution in [-0.4, -0.2) is 34.1 Å². The Morgan fingerprint density at radius 1 is 1.00 bits per heavy atom. The van der Waals surface area contributed by atoms with E-state index in [0.29, 0.717) is 23.0 Å². The van der Waals surface area contributed by atoms with Crippen molar-refractivity contribution in [3.63, 3.8) is 0 Å². The van der Waals surface area contributed by atoms with Gasteiger partial charge in [-0.3, -0.25) is 10.1 Å². The van der Waals surface area contributed by atoms with E-state index in [-0.39, 0.29) is 17.3 Å². The Labute approximate surface area is 160 Å². The Balaban J connectivity index is 2.01. The molecule has 0 fully saturated rings. The molecule has 0 saturated heterocycles. The van der Waals surface area contributed by atoms with E-state index in [1.807, 2.05) is 13.0 Å². The summed E-state index contributed by atoms with van der Waals surface area (Å²) in [4.78, 5) is 23.4. The molecule has 0 unspecified atom stereocenters. The van der Waals surface area contributed by atoms with Crippen LogP contribution in [0.1, 0.15) is 5.56 Å². The number of nitrogens with zero attached hydrogens (tertiary/aromatic N) is 4. The number of anilines is 4. The average molecular weight is 382 g/mol. The third-order valence-corrected chi connectivity index (χ3v) is 3.83. The molecule has 10 heteroatoms. The van der Waals surface area contributed by atoms with Crippen LogP contribution >= 0.6 is 0 Å². The highest BCUT2D eigenvalue weighted by Crippen LogP contribution is 2.36. The number of ether oxygens (including phenoxy) is 2. The van der Waals surface area contributed by atoms with Gasteiger partial charge in [0.25, 0.3) is 0 Å². The van der Waals surface area contributed by atoms with Crippen LogP contribution in [0.25, 0.3) is 0 Å². The summed E-state index contributed by atoms with van der Waals surface area (Å²) in [6.07, 6.45) is 2.82. The number of rotatable bonds is 7. The first-order valence-corrected chi connectivity index (χ1v) is 8.20. The molecular formula is C18H18N6O4. The lowest BCUT2D eigenvalue weighted by atomic mass is 10.2. The zero-order valence-electron chi connectivity index (χ0n) is 15.5. The normalized spacial score (nSPS) is 10.2. The molecular weight excluding hydrogens is 364 g/mol. The van der Waals surface area contributed by atoms with E-state index < -0.39 is 4.92 Å². The van der Waals surface area contributed by atoms with Gasteiger partial charge in [-0.05, 0) is 36.8 Å². The third-order valence-electron chi connectivity index (χ3n) is 3.83. The van der Waals surface area contributed by atoms with Crippen molar-refractivity contribution in [1.82, 2.24) is 15.0 Å². The minimum atomic E-state index is -0.562. The molecule has 0 bridgehead atoms. The molecule has 1 aromatic carbocycles. The molecule has 0 saturated carbocycles. The van der Waals surface area contributed by atoms with Crippen LogP contribution < -0.4 is 20.1 Å². The van der Waals surface area contributed by atoms with Crippen molar-refractivity contribution in [3.8, 4) is 11.5 Å². The monoisotopic (exact) mass is 382 g/mol. The molecule has 28 heavy (non-hydrogen) atoms. The number of nitrogens with one attached hydrogen (secondary N) is 2. The molecule has 0 radical (unpaired) electrons. The van der Waals surface area contributed by atoms with Gasteiger partial charge in [0.05, 0.1) is 24.8 Å². The van der Waals surface area contributed by atoms with Gasteiger partial charge in [-0.25, -0.2) is 15.0 Å². The Morgan fingerprint density at radius 3 is 2.39 bits per heavy atom. The van der Waals surface area contributed by atoms with Crippen LogP contribution in [0.2, 0.25) is 0 Å². The lowest BCUT2D eigenvalue weighted by Gasteiger charge is -2.13. The van der Waals surface area contributed by atoms with E-state index in [1.165, 1.54) is 20.5 Å². The molecule has 0 atom stereocenters. The number of nitro groups is 1. The van der Waals surface area contributed by atoms with Gasteiger partial charge < -0.3 is 20.1 Å². The summed E-state index contributed by atoms with van der Waals surface area (Å²) >= 11 is 0. The molecule has 0 spiro atoms. The number of benzene rings is 1. The maximum Gasteiger partial charge on any atom is 0.353 e. The smallest absolute Gasteiger partial charge is 0.353 e. The number of aryl methyl sites for hydroxylation is 1. The summed E-state index contributed by atoms with van der Waals surface area (Å²) < 4.78 is 10.5. The van der Waals surface area contributed by atoms with E-state index in [0.717, 1.165) is 5.56 Å². The van der Waals surface area contributed by atoms with Crippen molar-refractivity contribution < 1.29 is 14.4 Å². The van der Waals surface area contributed by atoms with Crippen LogP contribution in [0.15, 0.2) is 42.9 Å². The largest absolute Gasteiger partial charge is 0.497 e. The van der Waals surface area contributed by atoms with Crippen molar-refractivity contribution >= 4 is 28.8 Å². The van der Waals surface area contributed by atoms with Gasteiger partial charge in [0, 0.05) is 12.3 Å². The highest BCUT2D eigenvalue weighted by molar-refractivity contribution is 5.78. The van der Waals surface area contributed by atoms with Gasteiger partial charge in [-0.2, -0.15) is 0 Å². The summed E-state index contributed by atoms with van der Waals surface area (Å²) in [5.74, 6) is 1.49. The summed E-state index contributed by atoms with van der Waals surface area (Å²) in [5.41, 5.74) is 1.09. The second-order valence-corrected chi connectivity index (χ2v) is 5.71. The van der Waals surface area contributed by atoms with Crippen molar-refractivity contribution in [3.05, 3.63) is 58.5 Å². The molecule has 0 aliphatic heterocycles. The van der Waals surface area contributed by atoms with Crippen molar-refractivity contribution in [1.29, 1.82) is 0 Å². The predicted molar refractivity (Wildman–Crippen MR) is 104 cm³/mol. The predicted octanol–water partition coefficient (Wildman–Crippen LogP) is 3.59. The van der Waals surface area contributed by atoms with Gasteiger partial charge in [0.15, 0.2) is 0 Å². The van der Waals surface area contributed by atoms with E-state index in [4.69, 9.17) is 9.47 Å². The molecule has 3 aromatic rings. The minimum Gasteiger partial charge on any atom is -0.497 e. The van der Waals surface area contributed by atoms with Crippen LogP contribution in [0.4, 0.5) is 28.8 Å². The van der Waals surface area contributed by atoms with Crippen LogP contribution in [0.3, 0.4) is 0 Å². The zero-order chi connectivity index (χ0) is 20.1. The third kappa shape index (κ3) is 4.06. The highest BCUT2D eigenvalue weighted by Gasteiger charge is 2.24. The lowest BCUT2D eigenvalue weighted by Crippen LogP contribution is -2.06. The topological polar surface area (TPSA) is 124 Å². The summed E-state index contributed by atoms with van der Waals surface area (Å²) in [5, 5.41) is 17.5. The van der Waals surface area contributed by atoms with E-state index in [2.05, 4.69) is 25.6 Å². The molecule has 2 heterocycles. The number of hydrogen-bond donors (Lipinski definition) is 2. The Morgan fingerprint density at radius 2 is 1.75 bits per heavy atom. The molecule has 3 rings (SSSR count). The molecule has 0 aliphatic rings. The standard InChI is InChI=1S/C18H18N6O4/c1-11-6-7-19-15(8-11)23-18-16(24(25)26)17(20-10-21-18)22-13-9-12(27-2)4-5-14(13)28-3/h4-10H,1-3H3,(H2,19,20,21,22,23). The number of aromatic nitrogens is 3. The maximum atomic E-state index is 11.7. The Bertz CT molecular complexity index is 1010.